The summed E-state index contributed by atoms with van der Waals surface area (Å²) in [7, 11) is 5.99. The Hall–Kier alpha value is -3.42. The fourth-order valence-corrected chi connectivity index (χ4v) is 4.29. The molecule has 8 nitrogen and oxygen atoms in total. The van der Waals surface area contributed by atoms with Crippen LogP contribution in [0.4, 0.5) is 0 Å². The summed E-state index contributed by atoms with van der Waals surface area (Å²) >= 11 is 0. The second kappa shape index (κ2) is 8.52. The van der Waals surface area contributed by atoms with E-state index in [1.165, 1.54) is 28.4 Å². The Morgan fingerprint density at radius 3 is 1.83 bits per heavy atom. The molecule has 0 amide bonds. The maximum absolute atomic E-state index is 12.3. The van der Waals surface area contributed by atoms with E-state index in [-0.39, 0.29) is 6.42 Å². The molecule has 3 unspecified atom stereocenters. The highest BCUT2D eigenvalue weighted by atomic mass is 16.5. The van der Waals surface area contributed by atoms with E-state index < -0.39 is 29.7 Å². The van der Waals surface area contributed by atoms with E-state index in [9.17, 15) is 19.8 Å². The summed E-state index contributed by atoms with van der Waals surface area (Å²) in [5.41, 5.74) is 2.00. The highest BCUT2D eigenvalue weighted by molar-refractivity contribution is 5.79. The number of rotatable bonds is 8. The van der Waals surface area contributed by atoms with Gasteiger partial charge in [-0.15, -0.1) is 0 Å². The molecule has 2 aromatic rings. The molecule has 3 rings (SSSR count). The Bertz CT molecular complexity index is 968. The topological polar surface area (TPSA) is 112 Å². The van der Waals surface area contributed by atoms with Crippen molar-refractivity contribution in [3.8, 4) is 23.0 Å². The average Bonchev–Trinajstić information content (AvgIpc) is 3.04. The molecule has 2 aromatic carbocycles. The Labute approximate surface area is 173 Å². The Morgan fingerprint density at radius 1 is 0.800 bits per heavy atom. The van der Waals surface area contributed by atoms with Crippen LogP contribution in [0.1, 0.15) is 34.9 Å². The minimum Gasteiger partial charge on any atom is -0.493 e. The highest BCUT2D eigenvalue weighted by Crippen LogP contribution is 2.54. The molecule has 1 aliphatic carbocycles. The predicted molar refractivity (Wildman–Crippen MR) is 107 cm³/mol. The van der Waals surface area contributed by atoms with Crippen LogP contribution in [0.15, 0.2) is 30.3 Å². The zero-order chi connectivity index (χ0) is 22.0. The fourth-order valence-electron chi connectivity index (χ4n) is 4.29. The fraction of sp³-hybridized carbons (Fsp3) is 0.364. The van der Waals surface area contributed by atoms with Crippen molar-refractivity contribution >= 4 is 11.9 Å². The molecule has 2 N–H and O–H groups in total. The number of fused-ring (bicyclic) bond motifs is 1. The molecule has 0 spiro atoms. The van der Waals surface area contributed by atoms with Gasteiger partial charge in [-0.1, -0.05) is 6.07 Å². The zero-order valence-electron chi connectivity index (χ0n) is 17.2. The second-order valence-electron chi connectivity index (χ2n) is 7.00. The van der Waals surface area contributed by atoms with E-state index in [1.807, 2.05) is 0 Å². The van der Waals surface area contributed by atoms with Crippen LogP contribution >= 0.6 is 0 Å². The standard InChI is InChI=1S/C22H24O8/c1-27-15-6-5-11(7-16(15)28-2)20-13-9-18(30-4)17(29-3)8-12(13)14(10-19(23)24)21(20)22(25)26/h5-9,14,20-21H,10H2,1-4H3,(H,23,24)(H,25,26). The van der Waals surface area contributed by atoms with Crippen molar-refractivity contribution < 1.29 is 38.7 Å². The van der Waals surface area contributed by atoms with Gasteiger partial charge in [0.2, 0.25) is 0 Å². The minimum atomic E-state index is -1.07. The van der Waals surface area contributed by atoms with E-state index in [4.69, 9.17) is 18.9 Å². The molecule has 0 saturated heterocycles. The third-order valence-electron chi connectivity index (χ3n) is 5.56. The summed E-state index contributed by atoms with van der Waals surface area (Å²) in [4.78, 5) is 23.9. The minimum absolute atomic E-state index is 0.316. The van der Waals surface area contributed by atoms with Gasteiger partial charge < -0.3 is 29.2 Å². The first kappa shape index (κ1) is 21.3. The number of methoxy groups -OCH3 is 4. The van der Waals surface area contributed by atoms with Gasteiger partial charge in [0.25, 0.3) is 0 Å². The van der Waals surface area contributed by atoms with Crippen LogP contribution < -0.4 is 18.9 Å². The van der Waals surface area contributed by atoms with E-state index in [0.29, 0.717) is 39.7 Å². The van der Waals surface area contributed by atoms with Crippen molar-refractivity contribution in [3.63, 3.8) is 0 Å². The lowest BCUT2D eigenvalue weighted by Crippen LogP contribution is -2.24. The number of benzene rings is 2. The van der Waals surface area contributed by atoms with Crippen LogP contribution in [0.2, 0.25) is 0 Å². The first-order valence-electron chi connectivity index (χ1n) is 9.28. The molecule has 30 heavy (non-hydrogen) atoms. The van der Waals surface area contributed by atoms with Gasteiger partial charge in [0.1, 0.15) is 0 Å². The lowest BCUT2D eigenvalue weighted by molar-refractivity contribution is -0.143. The van der Waals surface area contributed by atoms with Gasteiger partial charge >= 0.3 is 11.9 Å². The zero-order valence-corrected chi connectivity index (χ0v) is 17.2. The van der Waals surface area contributed by atoms with Crippen molar-refractivity contribution in [1.82, 2.24) is 0 Å². The normalized spacial score (nSPS) is 19.7. The van der Waals surface area contributed by atoms with Crippen LogP contribution in [-0.4, -0.2) is 50.6 Å². The molecule has 3 atom stereocenters. The van der Waals surface area contributed by atoms with Crippen LogP contribution in [0.5, 0.6) is 23.0 Å². The van der Waals surface area contributed by atoms with Gasteiger partial charge in [-0.2, -0.15) is 0 Å². The SMILES string of the molecule is COc1ccc(C2c3cc(OC)c(OC)cc3C(CC(=O)O)C2C(=O)O)cc1OC. The van der Waals surface area contributed by atoms with Crippen LogP contribution in [0, 0.1) is 5.92 Å². The Balaban J connectivity index is 2.26. The van der Waals surface area contributed by atoms with E-state index in [1.54, 1.807) is 30.3 Å². The average molecular weight is 416 g/mol. The molecule has 0 saturated carbocycles. The summed E-state index contributed by atoms with van der Waals surface area (Å²) in [6.45, 7) is 0. The van der Waals surface area contributed by atoms with E-state index in [0.717, 1.165) is 0 Å². The number of carbonyl (C=O) groups is 2. The number of aliphatic carboxylic acids is 2. The monoisotopic (exact) mass is 416 g/mol. The van der Waals surface area contributed by atoms with Gasteiger partial charge in [0.15, 0.2) is 23.0 Å². The molecule has 8 heteroatoms. The van der Waals surface area contributed by atoms with Crippen molar-refractivity contribution in [2.24, 2.45) is 5.92 Å². The van der Waals surface area contributed by atoms with Crippen LogP contribution in [0.3, 0.4) is 0 Å². The maximum Gasteiger partial charge on any atom is 0.308 e. The van der Waals surface area contributed by atoms with Crippen molar-refractivity contribution in [1.29, 1.82) is 0 Å². The highest BCUT2D eigenvalue weighted by Gasteiger charge is 2.47. The number of hydrogen-bond acceptors (Lipinski definition) is 6. The molecular formula is C22H24O8. The van der Waals surface area contributed by atoms with Crippen molar-refractivity contribution in [2.45, 2.75) is 18.3 Å². The number of ether oxygens (including phenoxy) is 4. The van der Waals surface area contributed by atoms with Gasteiger partial charge in [-0.25, -0.2) is 0 Å². The van der Waals surface area contributed by atoms with Gasteiger partial charge in [0, 0.05) is 11.8 Å². The molecule has 0 fully saturated rings. The third-order valence-corrected chi connectivity index (χ3v) is 5.56. The first-order valence-corrected chi connectivity index (χ1v) is 9.28. The molecule has 0 radical (unpaired) electrons. The van der Waals surface area contributed by atoms with Gasteiger partial charge in [-0.3, -0.25) is 9.59 Å². The number of hydrogen-bond donors (Lipinski definition) is 2. The van der Waals surface area contributed by atoms with Crippen molar-refractivity contribution in [3.05, 3.63) is 47.0 Å². The summed E-state index contributed by atoms with van der Waals surface area (Å²) in [5.74, 6) is -2.61. The smallest absolute Gasteiger partial charge is 0.308 e. The third kappa shape index (κ3) is 3.60. The lowest BCUT2D eigenvalue weighted by Gasteiger charge is -2.22. The van der Waals surface area contributed by atoms with Crippen molar-refractivity contribution in [2.75, 3.05) is 28.4 Å². The predicted octanol–water partition coefficient (Wildman–Crippen LogP) is 3.13. The lowest BCUT2D eigenvalue weighted by atomic mass is 9.81. The summed E-state index contributed by atoms with van der Waals surface area (Å²) < 4.78 is 21.4. The Morgan fingerprint density at radius 2 is 1.33 bits per heavy atom. The molecule has 1 aliphatic rings. The second-order valence-corrected chi connectivity index (χ2v) is 7.00. The van der Waals surface area contributed by atoms with E-state index >= 15 is 0 Å². The largest absolute Gasteiger partial charge is 0.493 e. The van der Waals surface area contributed by atoms with Gasteiger partial charge in [0.05, 0.1) is 40.8 Å². The van der Waals surface area contributed by atoms with E-state index in [2.05, 4.69) is 0 Å². The number of carboxylic acid groups (broad SMARTS) is 2. The molecular weight excluding hydrogens is 392 g/mol. The number of carboxylic acids is 2. The molecule has 0 aromatic heterocycles. The quantitative estimate of drug-likeness (QED) is 0.675. The summed E-state index contributed by atoms with van der Waals surface area (Å²) in [6.07, 6.45) is -0.316. The maximum atomic E-state index is 12.3. The molecule has 0 heterocycles. The summed E-state index contributed by atoms with van der Waals surface area (Å²) in [5, 5.41) is 19.5. The van der Waals surface area contributed by atoms with Crippen LogP contribution in [0.25, 0.3) is 0 Å². The molecule has 0 aliphatic heterocycles. The Kier molecular flexibility index (Phi) is 6.05. The molecule has 160 valence electrons. The first-order chi connectivity index (χ1) is 14.4. The summed E-state index contributed by atoms with van der Waals surface area (Å²) in [6, 6.07) is 8.61. The van der Waals surface area contributed by atoms with Crippen LogP contribution in [-0.2, 0) is 9.59 Å². The molecule has 0 bridgehead atoms. The van der Waals surface area contributed by atoms with Gasteiger partial charge in [-0.05, 0) is 41.0 Å².